The Balaban J connectivity index is 1.50. The van der Waals surface area contributed by atoms with E-state index in [1.807, 2.05) is 30.3 Å². The minimum Gasteiger partial charge on any atom is -0.444 e. The molecule has 3 aromatic rings. The smallest absolute Gasteiger partial charge is 0.319 e. The van der Waals surface area contributed by atoms with E-state index in [1.54, 1.807) is 6.26 Å². The summed E-state index contributed by atoms with van der Waals surface area (Å²) in [6, 6.07) is 13.0. The highest BCUT2D eigenvalue weighted by molar-refractivity contribution is 5.92. The predicted molar refractivity (Wildman–Crippen MR) is 103 cm³/mol. The highest BCUT2D eigenvalue weighted by Crippen LogP contribution is 2.20. The van der Waals surface area contributed by atoms with Crippen molar-refractivity contribution in [3.8, 4) is 11.5 Å². The molecule has 0 saturated heterocycles. The summed E-state index contributed by atoms with van der Waals surface area (Å²) >= 11 is 0. The lowest BCUT2D eigenvalue weighted by atomic mass is 10.2. The Morgan fingerprint density at radius 2 is 1.89 bits per heavy atom. The predicted octanol–water partition coefficient (Wildman–Crippen LogP) is 3.80. The van der Waals surface area contributed by atoms with Crippen LogP contribution in [0.4, 0.5) is 20.6 Å². The molecule has 3 amide bonds. The first-order chi connectivity index (χ1) is 13.5. The van der Waals surface area contributed by atoms with Gasteiger partial charge in [-0.15, -0.1) is 0 Å². The fourth-order valence-corrected chi connectivity index (χ4v) is 2.50. The van der Waals surface area contributed by atoms with E-state index in [9.17, 15) is 14.0 Å². The lowest BCUT2D eigenvalue weighted by molar-refractivity contribution is -0.114. The number of benzene rings is 2. The zero-order valence-electron chi connectivity index (χ0n) is 15.2. The average molecular weight is 382 g/mol. The van der Waals surface area contributed by atoms with Crippen LogP contribution in [0.15, 0.2) is 59.2 Å². The van der Waals surface area contributed by atoms with Gasteiger partial charge in [-0.1, -0.05) is 18.2 Å². The van der Waals surface area contributed by atoms with E-state index in [0.29, 0.717) is 30.2 Å². The molecule has 0 bridgehead atoms. The first kappa shape index (κ1) is 19.1. The molecule has 0 unspecified atom stereocenters. The van der Waals surface area contributed by atoms with Gasteiger partial charge in [0.1, 0.15) is 12.1 Å². The summed E-state index contributed by atoms with van der Waals surface area (Å²) < 4.78 is 19.1. The van der Waals surface area contributed by atoms with E-state index >= 15 is 0 Å². The maximum Gasteiger partial charge on any atom is 0.319 e. The quantitative estimate of drug-likeness (QED) is 0.604. The Morgan fingerprint density at radius 3 is 2.64 bits per heavy atom. The van der Waals surface area contributed by atoms with Gasteiger partial charge in [-0.2, -0.15) is 0 Å². The Bertz CT molecular complexity index is 973. The highest BCUT2D eigenvalue weighted by Gasteiger charge is 2.09. The molecule has 0 radical (unpaired) electrons. The summed E-state index contributed by atoms with van der Waals surface area (Å²) in [4.78, 5) is 27.5. The summed E-state index contributed by atoms with van der Waals surface area (Å²) in [5.74, 6) is -0.457. The largest absolute Gasteiger partial charge is 0.444 e. The van der Waals surface area contributed by atoms with Crippen molar-refractivity contribution in [2.75, 3.05) is 17.2 Å². The van der Waals surface area contributed by atoms with Crippen LogP contribution in [-0.2, 0) is 11.2 Å². The number of rotatable bonds is 6. The van der Waals surface area contributed by atoms with E-state index in [4.69, 9.17) is 4.42 Å². The maximum absolute atomic E-state index is 13.6. The molecule has 3 rings (SSSR count). The Labute approximate surface area is 161 Å². The number of anilines is 2. The average Bonchev–Trinajstić information content (AvgIpc) is 3.14. The molecule has 3 N–H and O–H groups in total. The SMILES string of the molecule is CC(=O)Nc1cc(NC(=O)NCCc2coc(-c3ccccc3)n2)ccc1F. The number of hydrogen-bond donors (Lipinski definition) is 3. The molecular weight excluding hydrogens is 363 g/mol. The van der Waals surface area contributed by atoms with Crippen molar-refractivity contribution >= 4 is 23.3 Å². The lowest BCUT2D eigenvalue weighted by Crippen LogP contribution is -2.30. The van der Waals surface area contributed by atoms with E-state index in [-0.39, 0.29) is 5.69 Å². The molecule has 0 aliphatic carbocycles. The molecule has 0 atom stereocenters. The molecule has 1 aromatic heterocycles. The molecule has 2 aromatic carbocycles. The van der Waals surface area contributed by atoms with Crippen molar-refractivity contribution in [2.45, 2.75) is 13.3 Å². The van der Waals surface area contributed by atoms with Gasteiger partial charge < -0.3 is 20.4 Å². The summed E-state index contributed by atoms with van der Waals surface area (Å²) in [7, 11) is 0. The summed E-state index contributed by atoms with van der Waals surface area (Å²) in [6.07, 6.45) is 2.05. The number of carbonyl (C=O) groups excluding carboxylic acids is 2. The van der Waals surface area contributed by atoms with Gasteiger partial charge in [-0.3, -0.25) is 4.79 Å². The molecule has 28 heavy (non-hydrogen) atoms. The molecule has 144 valence electrons. The Hall–Kier alpha value is -3.68. The van der Waals surface area contributed by atoms with Gasteiger partial charge in [0.05, 0.1) is 11.4 Å². The van der Waals surface area contributed by atoms with Gasteiger partial charge in [0.2, 0.25) is 11.8 Å². The Morgan fingerprint density at radius 1 is 1.11 bits per heavy atom. The number of nitrogens with zero attached hydrogens (tertiary/aromatic N) is 1. The van der Waals surface area contributed by atoms with Crippen molar-refractivity contribution in [2.24, 2.45) is 0 Å². The van der Waals surface area contributed by atoms with Crippen molar-refractivity contribution in [3.05, 3.63) is 66.3 Å². The van der Waals surface area contributed by atoms with Gasteiger partial charge in [0.15, 0.2) is 0 Å². The van der Waals surface area contributed by atoms with Gasteiger partial charge in [0.25, 0.3) is 0 Å². The van der Waals surface area contributed by atoms with Crippen LogP contribution in [-0.4, -0.2) is 23.5 Å². The molecule has 7 nitrogen and oxygen atoms in total. The van der Waals surface area contributed by atoms with Crippen LogP contribution in [0.1, 0.15) is 12.6 Å². The topological polar surface area (TPSA) is 96.3 Å². The number of amides is 3. The highest BCUT2D eigenvalue weighted by atomic mass is 19.1. The van der Waals surface area contributed by atoms with Crippen molar-refractivity contribution in [1.82, 2.24) is 10.3 Å². The zero-order valence-corrected chi connectivity index (χ0v) is 15.2. The van der Waals surface area contributed by atoms with Gasteiger partial charge >= 0.3 is 6.03 Å². The number of halogens is 1. The van der Waals surface area contributed by atoms with E-state index in [2.05, 4.69) is 20.9 Å². The van der Waals surface area contributed by atoms with Gasteiger partial charge in [-0.25, -0.2) is 14.2 Å². The van der Waals surface area contributed by atoms with Crippen LogP contribution in [0.2, 0.25) is 0 Å². The third-order valence-corrected chi connectivity index (χ3v) is 3.77. The fraction of sp³-hybridized carbons (Fsp3) is 0.150. The normalized spacial score (nSPS) is 10.4. The van der Waals surface area contributed by atoms with Gasteiger partial charge in [0, 0.05) is 31.1 Å². The monoisotopic (exact) mass is 382 g/mol. The summed E-state index contributed by atoms with van der Waals surface area (Å²) in [5.41, 5.74) is 1.96. The number of urea groups is 1. The zero-order chi connectivity index (χ0) is 19.9. The Kier molecular flexibility index (Phi) is 6.01. The van der Waals surface area contributed by atoms with E-state index in [1.165, 1.54) is 25.1 Å². The molecule has 8 heteroatoms. The minimum absolute atomic E-state index is 0.00124. The van der Waals surface area contributed by atoms with Crippen LogP contribution in [0, 0.1) is 5.82 Å². The van der Waals surface area contributed by atoms with Gasteiger partial charge in [-0.05, 0) is 30.3 Å². The first-order valence-electron chi connectivity index (χ1n) is 8.63. The van der Waals surface area contributed by atoms with Crippen LogP contribution in [0.25, 0.3) is 11.5 Å². The fourth-order valence-electron chi connectivity index (χ4n) is 2.50. The standard InChI is InChI=1S/C20H19FN4O3/c1-13(26)23-18-11-15(7-8-17(18)21)25-20(27)22-10-9-16-12-28-19(24-16)14-5-3-2-4-6-14/h2-8,11-12H,9-10H2,1H3,(H,23,26)(H2,22,25,27). The number of aromatic nitrogens is 1. The lowest BCUT2D eigenvalue weighted by Gasteiger charge is -2.09. The van der Waals surface area contributed by atoms with E-state index < -0.39 is 17.8 Å². The third-order valence-electron chi connectivity index (χ3n) is 3.77. The van der Waals surface area contributed by atoms with Crippen LogP contribution in [0.5, 0.6) is 0 Å². The van der Waals surface area contributed by atoms with Crippen molar-refractivity contribution in [3.63, 3.8) is 0 Å². The minimum atomic E-state index is -0.582. The molecule has 0 aliphatic heterocycles. The second-order valence-electron chi connectivity index (χ2n) is 6.02. The second kappa shape index (κ2) is 8.81. The van der Waals surface area contributed by atoms with Crippen LogP contribution < -0.4 is 16.0 Å². The second-order valence-corrected chi connectivity index (χ2v) is 6.02. The number of carbonyl (C=O) groups is 2. The van der Waals surface area contributed by atoms with Crippen molar-refractivity contribution < 1.29 is 18.4 Å². The third kappa shape index (κ3) is 5.16. The first-order valence-corrected chi connectivity index (χ1v) is 8.63. The summed E-state index contributed by atoms with van der Waals surface area (Å²) in [6.45, 7) is 1.62. The molecule has 0 fully saturated rings. The molecule has 1 heterocycles. The molecular formula is C20H19FN4O3. The molecule has 0 saturated carbocycles. The summed E-state index contributed by atoms with van der Waals surface area (Å²) in [5, 5.41) is 7.64. The number of hydrogen-bond acceptors (Lipinski definition) is 4. The maximum atomic E-state index is 13.6. The van der Waals surface area contributed by atoms with Crippen LogP contribution in [0.3, 0.4) is 0 Å². The number of nitrogens with one attached hydrogen (secondary N) is 3. The van der Waals surface area contributed by atoms with Crippen molar-refractivity contribution in [1.29, 1.82) is 0 Å². The molecule has 0 spiro atoms. The van der Waals surface area contributed by atoms with Crippen LogP contribution >= 0.6 is 0 Å². The number of oxazole rings is 1. The molecule has 0 aliphatic rings. The van der Waals surface area contributed by atoms with E-state index in [0.717, 1.165) is 5.56 Å².